The van der Waals surface area contributed by atoms with E-state index >= 15 is 0 Å². The van der Waals surface area contributed by atoms with Crippen LogP contribution in [0.15, 0.2) is 36.0 Å². The van der Waals surface area contributed by atoms with Crippen molar-refractivity contribution in [1.29, 1.82) is 5.41 Å². The minimum Gasteiger partial charge on any atom is -0.394 e. The minimum absolute atomic E-state index is 0.0238. The number of hydrogen-bond acceptors (Lipinski definition) is 4. The molecule has 0 aromatic heterocycles. The van der Waals surface area contributed by atoms with E-state index < -0.39 is 5.82 Å². The zero-order chi connectivity index (χ0) is 13.8. The third-order valence-corrected chi connectivity index (χ3v) is 2.76. The van der Waals surface area contributed by atoms with Crippen LogP contribution in [0.4, 0.5) is 4.39 Å². The monoisotopic (exact) mass is 263 g/mol. The molecule has 2 rings (SSSR count). The number of carbonyl (C=O) groups excluding carboxylic acids is 1. The van der Waals surface area contributed by atoms with Crippen LogP contribution in [0.3, 0.4) is 0 Å². The van der Waals surface area contributed by atoms with Crippen LogP contribution in [0.25, 0.3) is 0 Å². The lowest BCUT2D eigenvalue weighted by Gasteiger charge is -2.25. The summed E-state index contributed by atoms with van der Waals surface area (Å²) in [6.45, 7) is 0.213. The number of allylic oxidation sites excluding steroid dienone is 1. The van der Waals surface area contributed by atoms with E-state index in [2.05, 4.69) is 10.6 Å². The summed E-state index contributed by atoms with van der Waals surface area (Å²) in [7, 11) is 0. The quantitative estimate of drug-likeness (QED) is 0.463. The first-order valence-corrected chi connectivity index (χ1v) is 5.82. The van der Waals surface area contributed by atoms with Crippen LogP contribution < -0.4 is 10.6 Å². The van der Waals surface area contributed by atoms with Crippen molar-refractivity contribution in [3.63, 3.8) is 0 Å². The third-order valence-electron chi connectivity index (χ3n) is 2.76. The van der Waals surface area contributed by atoms with Crippen LogP contribution >= 0.6 is 0 Å². The molecule has 5 nitrogen and oxygen atoms in total. The molecule has 19 heavy (non-hydrogen) atoms. The second-order valence-corrected chi connectivity index (χ2v) is 4.22. The molecule has 1 aromatic carbocycles. The topological polar surface area (TPSA) is 85.2 Å². The lowest BCUT2D eigenvalue weighted by Crippen LogP contribution is -2.51. The van der Waals surface area contributed by atoms with Crippen molar-refractivity contribution < 1.29 is 14.3 Å². The lowest BCUT2D eigenvalue weighted by atomic mass is 10.1. The highest BCUT2D eigenvalue weighted by Gasteiger charge is 2.21. The van der Waals surface area contributed by atoms with Crippen LogP contribution in [-0.4, -0.2) is 35.9 Å². The van der Waals surface area contributed by atoms with Crippen LogP contribution in [0.5, 0.6) is 0 Å². The number of nitrogens with one attached hydrogen (secondary N) is 3. The summed E-state index contributed by atoms with van der Waals surface area (Å²) < 4.78 is 13.1. The maximum atomic E-state index is 13.1. The Morgan fingerprint density at radius 1 is 1.58 bits per heavy atom. The number of aliphatic hydroxyl groups excluding tert-OH is 1. The Hall–Kier alpha value is -2.21. The highest BCUT2D eigenvalue weighted by atomic mass is 19.1. The van der Waals surface area contributed by atoms with E-state index in [-0.39, 0.29) is 30.0 Å². The van der Waals surface area contributed by atoms with Gasteiger partial charge in [-0.3, -0.25) is 4.79 Å². The molecule has 0 aliphatic carbocycles. The number of benzene rings is 1. The zero-order valence-corrected chi connectivity index (χ0v) is 10.1. The molecule has 6 heteroatoms. The van der Waals surface area contributed by atoms with E-state index in [0.717, 1.165) is 0 Å². The third kappa shape index (κ3) is 3.17. The predicted octanol–water partition coefficient (Wildman–Crippen LogP) is 0.158. The molecule has 4 N–H and O–H groups in total. The van der Waals surface area contributed by atoms with Crippen LogP contribution in [0, 0.1) is 11.2 Å². The van der Waals surface area contributed by atoms with Gasteiger partial charge in [0.05, 0.1) is 18.4 Å². The highest BCUT2D eigenvalue weighted by Crippen LogP contribution is 2.07. The Bertz CT molecular complexity index is 542. The summed E-state index contributed by atoms with van der Waals surface area (Å²) in [5, 5.41) is 22.3. The van der Waals surface area contributed by atoms with E-state index in [1.54, 1.807) is 6.07 Å². The van der Waals surface area contributed by atoms with Crippen LogP contribution in [-0.2, 0) is 4.79 Å². The molecule has 0 radical (unpaired) electrons. The molecule has 1 aromatic rings. The van der Waals surface area contributed by atoms with Crippen molar-refractivity contribution in [1.82, 2.24) is 10.6 Å². The van der Waals surface area contributed by atoms with Crippen molar-refractivity contribution in [2.45, 2.75) is 6.04 Å². The number of aliphatic hydroxyl groups is 1. The molecule has 1 saturated heterocycles. The standard InChI is InChI=1S/C13H14FN3O2/c14-9-3-1-2-8(4-9)11(15)5-12-13(19)16-6-10(7-18)17-12/h1-5,10,15,17-18H,6-7H2,(H,16,19)/b12-5-,15-11?. The van der Waals surface area contributed by atoms with E-state index in [9.17, 15) is 9.18 Å². The SMILES string of the molecule is N=C(/C=C1\NC(CO)CNC1=O)c1cccc(F)c1. The highest BCUT2D eigenvalue weighted by molar-refractivity contribution is 6.11. The number of halogens is 1. The summed E-state index contributed by atoms with van der Waals surface area (Å²) in [6.07, 6.45) is 1.33. The van der Waals surface area contributed by atoms with Gasteiger partial charge in [-0.2, -0.15) is 0 Å². The average molecular weight is 263 g/mol. The van der Waals surface area contributed by atoms with E-state index in [0.29, 0.717) is 12.1 Å². The van der Waals surface area contributed by atoms with Crippen molar-refractivity contribution in [3.8, 4) is 0 Å². The van der Waals surface area contributed by atoms with Crippen LogP contribution in [0.2, 0.25) is 0 Å². The largest absolute Gasteiger partial charge is 0.394 e. The lowest BCUT2D eigenvalue weighted by molar-refractivity contribution is -0.119. The molecule has 100 valence electrons. The second-order valence-electron chi connectivity index (χ2n) is 4.22. The number of amides is 1. The summed E-state index contributed by atoms with van der Waals surface area (Å²) in [6, 6.07) is 5.33. The molecule has 1 aliphatic heterocycles. The smallest absolute Gasteiger partial charge is 0.267 e. The minimum atomic E-state index is -0.435. The van der Waals surface area contributed by atoms with Gasteiger partial charge in [0.1, 0.15) is 11.5 Å². The fraction of sp³-hybridized carbons (Fsp3) is 0.231. The van der Waals surface area contributed by atoms with Gasteiger partial charge >= 0.3 is 0 Å². The van der Waals surface area contributed by atoms with Gasteiger partial charge in [0.15, 0.2) is 0 Å². The molecule has 1 fully saturated rings. The molecule has 1 atom stereocenters. The predicted molar refractivity (Wildman–Crippen MR) is 68.3 cm³/mol. The molecular weight excluding hydrogens is 249 g/mol. The average Bonchev–Trinajstić information content (AvgIpc) is 2.41. The number of hydrogen-bond donors (Lipinski definition) is 4. The zero-order valence-electron chi connectivity index (χ0n) is 10.1. The summed E-state index contributed by atoms with van der Waals surface area (Å²) in [5.41, 5.74) is 0.600. The first-order chi connectivity index (χ1) is 9.10. The van der Waals surface area contributed by atoms with Gasteiger partial charge in [-0.05, 0) is 18.2 Å². The molecular formula is C13H14FN3O2. The maximum absolute atomic E-state index is 13.1. The first-order valence-electron chi connectivity index (χ1n) is 5.82. The molecule has 1 amide bonds. The summed E-state index contributed by atoms with van der Waals surface area (Å²) in [4.78, 5) is 11.6. The van der Waals surface area contributed by atoms with Gasteiger partial charge in [0.25, 0.3) is 5.91 Å². The number of rotatable bonds is 3. The number of carbonyl (C=O) groups is 1. The Balaban J connectivity index is 2.19. The Morgan fingerprint density at radius 3 is 3.05 bits per heavy atom. The molecule has 0 spiro atoms. The van der Waals surface area contributed by atoms with Gasteiger partial charge in [0.2, 0.25) is 0 Å². The summed E-state index contributed by atoms with van der Waals surface area (Å²) >= 11 is 0. The normalized spacial score (nSPS) is 20.8. The molecule has 0 saturated carbocycles. The molecule has 1 aliphatic rings. The van der Waals surface area contributed by atoms with Crippen molar-refractivity contribution in [2.24, 2.45) is 0 Å². The summed E-state index contributed by atoms with van der Waals surface area (Å²) in [5.74, 6) is -0.777. The van der Waals surface area contributed by atoms with Gasteiger partial charge < -0.3 is 21.1 Å². The van der Waals surface area contributed by atoms with Crippen molar-refractivity contribution in [3.05, 3.63) is 47.4 Å². The van der Waals surface area contributed by atoms with Crippen molar-refractivity contribution in [2.75, 3.05) is 13.2 Å². The fourth-order valence-electron chi connectivity index (χ4n) is 1.75. The molecule has 0 bridgehead atoms. The Labute approximate surface area is 109 Å². The Morgan fingerprint density at radius 2 is 2.37 bits per heavy atom. The second kappa shape index (κ2) is 5.62. The Kier molecular flexibility index (Phi) is 3.91. The van der Waals surface area contributed by atoms with E-state index in [1.165, 1.54) is 24.3 Å². The van der Waals surface area contributed by atoms with Crippen LogP contribution in [0.1, 0.15) is 5.56 Å². The van der Waals surface area contributed by atoms with Gasteiger partial charge in [-0.25, -0.2) is 4.39 Å². The maximum Gasteiger partial charge on any atom is 0.267 e. The van der Waals surface area contributed by atoms with E-state index in [4.69, 9.17) is 10.5 Å². The molecule has 1 heterocycles. The fourth-order valence-corrected chi connectivity index (χ4v) is 1.75. The van der Waals surface area contributed by atoms with Gasteiger partial charge in [0, 0.05) is 12.1 Å². The first kappa shape index (κ1) is 13.2. The molecule has 1 unspecified atom stereocenters. The number of piperazine rings is 1. The van der Waals surface area contributed by atoms with Crippen molar-refractivity contribution >= 4 is 11.6 Å². The van der Waals surface area contributed by atoms with Gasteiger partial charge in [-0.15, -0.1) is 0 Å². The van der Waals surface area contributed by atoms with E-state index in [1.807, 2.05) is 0 Å². The van der Waals surface area contributed by atoms with Gasteiger partial charge in [-0.1, -0.05) is 12.1 Å².